The fourth-order valence-electron chi connectivity index (χ4n) is 1.30. The summed E-state index contributed by atoms with van der Waals surface area (Å²) in [5, 5.41) is 2.06. The van der Waals surface area contributed by atoms with Crippen molar-refractivity contribution in [2.24, 2.45) is 0 Å². The molecule has 0 saturated heterocycles. The molecule has 0 bridgehead atoms. The third-order valence-electron chi connectivity index (χ3n) is 2.15. The van der Waals surface area contributed by atoms with Gasteiger partial charge in [-0.1, -0.05) is 0 Å². The number of esters is 1. The Kier molecular flexibility index (Phi) is 7.28. The molecule has 0 unspecified atom stereocenters. The molecule has 23 heavy (non-hydrogen) atoms. The number of carbonyl (C=O) groups is 2. The van der Waals surface area contributed by atoms with Gasteiger partial charge in [0.05, 0.1) is 13.2 Å². The number of rotatable bonds is 7. The first kappa shape index (κ1) is 19.7. The Labute approximate surface area is 149 Å². The van der Waals surface area contributed by atoms with Crippen LogP contribution in [0.15, 0.2) is 9.21 Å². The highest BCUT2D eigenvalue weighted by atomic mass is 79.9. The maximum absolute atomic E-state index is 12.0. The Morgan fingerprint density at radius 1 is 1.22 bits per heavy atom. The highest BCUT2D eigenvalue weighted by Gasteiger charge is 2.24. The molecular formula is C10H14Br2N4O6S. The van der Waals surface area contributed by atoms with Crippen molar-refractivity contribution < 1.29 is 27.5 Å². The van der Waals surface area contributed by atoms with E-state index >= 15 is 0 Å². The van der Waals surface area contributed by atoms with Gasteiger partial charge in [-0.3, -0.25) is 0 Å². The van der Waals surface area contributed by atoms with Gasteiger partial charge in [-0.25, -0.2) is 32.5 Å². The van der Waals surface area contributed by atoms with Crippen LogP contribution < -0.4 is 10.1 Å². The Balaban J connectivity index is 2.94. The molecule has 10 nitrogen and oxygen atoms in total. The van der Waals surface area contributed by atoms with Gasteiger partial charge in [0.15, 0.2) is 0 Å². The van der Waals surface area contributed by atoms with Crippen molar-refractivity contribution in [3.05, 3.63) is 15.0 Å². The standard InChI is InChI=1S/C10H14Br2N4O6S/c1-3-21-9(17)8-14-6(11)7(12)16(8)15-23(19,20)5-13-10(18)22-4-2/h15H,3-5H2,1-2H3,(H,13,18). The van der Waals surface area contributed by atoms with Crippen molar-refractivity contribution in [3.63, 3.8) is 0 Å². The van der Waals surface area contributed by atoms with Crippen LogP contribution in [0.2, 0.25) is 0 Å². The van der Waals surface area contributed by atoms with Crippen molar-refractivity contribution in [2.45, 2.75) is 13.8 Å². The van der Waals surface area contributed by atoms with E-state index < -0.39 is 28.0 Å². The van der Waals surface area contributed by atoms with E-state index in [9.17, 15) is 18.0 Å². The summed E-state index contributed by atoms with van der Waals surface area (Å²) in [6.45, 7) is 3.38. The number of ether oxygens (including phenoxy) is 2. The lowest BCUT2D eigenvalue weighted by Gasteiger charge is -2.12. The summed E-state index contributed by atoms with van der Waals surface area (Å²) in [5.41, 5.74) is 0. The summed E-state index contributed by atoms with van der Waals surface area (Å²) in [5.74, 6) is -1.86. The minimum absolute atomic E-state index is 0.0953. The highest BCUT2D eigenvalue weighted by molar-refractivity contribution is 9.13. The molecule has 130 valence electrons. The van der Waals surface area contributed by atoms with Gasteiger partial charge < -0.3 is 14.8 Å². The molecule has 1 heterocycles. The van der Waals surface area contributed by atoms with Crippen LogP contribution in [-0.2, 0) is 19.5 Å². The Bertz CT molecular complexity index is 690. The average Bonchev–Trinajstić information content (AvgIpc) is 2.74. The molecule has 0 atom stereocenters. The lowest BCUT2D eigenvalue weighted by atomic mass is 10.6. The minimum atomic E-state index is -4.03. The first-order valence-electron chi connectivity index (χ1n) is 6.23. The molecule has 1 aromatic heterocycles. The van der Waals surface area contributed by atoms with Gasteiger partial charge in [0.25, 0.3) is 10.0 Å². The van der Waals surface area contributed by atoms with Crippen molar-refractivity contribution in [1.29, 1.82) is 0 Å². The van der Waals surface area contributed by atoms with Gasteiger partial charge in [0.2, 0.25) is 5.82 Å². The van der Waals surface area contributed by atoms with Gasteiger partial charge in [0.1, 0.15) is 15.1 Å². The van der Waals surface area contributed by atoms with Gasteiger partial charge in [-0.2, -0.15) is 0 Å². The van der Waals surface area contributed by atoms with Crippen LogP contribution in [0.5, 0.6) is 0 Å². The van der Waals surface area contributed by atoms with E-state index in [1.54, 1.807) is 13.8 Å². The molecule has 13 heteroatoms. The van der Waals surface area contributed by atoms with E-state index in [1.807, 2.05) is 0 Å². The molecule has 0 saturated carbocycles. The highest BCUT2D eigenvalue weighted by Crippen LogP contribution is 2.23. The molecule has 0 aliphatic carbocycles. The SMILES string of the molecule is CCOC(=O)NCS(=O)(=O)Nn1c(C(=O)OCC)nc(Br)c1Br. The Hall–Kier alpha value is -1.34. The maximum atomic E-state index is 12.0. The molecule has 0 radical (unpaired) electrons. The predicted molar refractivity (Wildman–Crippen MR) is 86.9 cm³/mol. The van der Waals surface area contributed by atoms with Crippen LogP contribution >= 0.6 is 31.9 Å². The summed E-state index contributed by atoms with van der Waals surface area (Å²) in [4.78, 5) is 28.9. The summed E-state index contributed by atoms with van der Waals surface area (Å²) in [7, 11) is -4.03. The number of aromatic nitrogens is 2. The fourth-order valence-corrected chi connectivity index (χ4v) is 2.93. The van der Waals surface area contributed by atoms with Crippen LogP contribution in [0.1, 0.15) is 24.5 Å². The van der Waals surface area contributed by atoms with Crippen LogP contribution in [-0.4, -0.2) is 49.2 Å². The van der Waals surface area contributed by atoms with E-state index in [4.69, 9.17) is 4.74 Å². The van der Waals surface area contributed by atoms with Crippen LogP contribution in [0, 0.1) is 0 Å². The topological polar surface area (TPSA) is 129 Å². The minimum Gasteiger partial charge on any atom is -0.460 e. The lowest BCUT2D eigenvalue weighted by molar-refractivity contribution is 0.0508. The third kappa shape index (κ3) is 5.66. The number of nitrogens with one attached hydrogen (secondary N) is 2. The zero-order valence-corrected chi connectivity index (χ0v) is 16.1. The number of amides is 1. The van der Waals surface area contributed by atoms with Crippen LogP contribution in [0.3, 0.4) is 0 Å². The smallest absolute Gasteiger partial charge is 0.408 e. The number of sulfonamides is 1. The lowest BCUT2D eigenvalue weighted by Crippen LogP contribution is -2.37. The van der Waals surface area contributed by atoms with E-state index in [0.717, 1.165) is 4.68 Å². The molecule has 1 rings (SSSR count). The third-order valence-corrected chi connectivity index (χ3v) is 4.95. The average molecular weight is 478 g/mol. The molecule has 2 N–H and O–H groups in total. The predicted octanol–water partition coefficient (Wildman–Crippen LogP) is 1.16. The second-order valence-electron chi connectivity index (χ2n) is 3.82. The summed E-state index contributed by atoms with van der Waals surface area (Å²) in [6, 6.07) is 0. The summed E-state index contributed by atoms with van der Waals surface area (Å²) >= 11 is 6.15. The second kappa shape index (κ2) is 8.49. The number of halogens is 2. The molecule has 0 aliphatic heterocycles. The van der Waals surface area contributed by atoms with Gasteiger partial charge in [-0.15, -0.1) is 0 Å². The summed E-state index contributed by atoms with van der Waals surface area (Å²) in [6.07, 6.45) is -0.880. The molecular weight excluding hydrogens is 464 g/mol. The largest absolute Gasteiger partial charge is 0.460 e. The van der Waals surface area contributed by atoms with Crippen molar-refractivity contribution in [2.75, 3.05) is 23.9 Å². The fraction of sp³-hybridized carbons (Fsp3) is 0.500. The van der Waals surface area contributed by atoms with E-state index in [1.165, 1.54) is 0 Å². The number of imidazole rings is 1. The first-order chi connectivity index (χ1) is 10.7. The number of carbonyl (C=O) groups excluding carboxylic acids is 2. The molecule has 0 aliphatic rings. The van der Waals surface area contributed by atoms with Crippen molar-refractivity contribution in [1.82, 2.24) is 15.0 Å². The van der Waals surface area contributed by atoms with Crippen LogP contribution in [0.4, 0.5) is 4.79 Å². The quantitative estimate of drug-likeness (QED) is 0.563. The number of nitrogens with zero attached hydrogens (tertiary/aromatic N) is 2. The van der Waals surface area contributed by atoms with Crippen LogP contribution in [0.25, 0.3) is 0 Å². The number of hydrogen-bond donors (Lipinski definition) is 2. The normalized spacial score (nSPS) is 11.0. The summed E-state index contributed by atoms with van der Waals surface area (Å²) < 4.78 is 34.5. The van der Waals surface area contributed by atoms with Gasteiger partial charge in [-0.05, 0) is 45.7 Å². The Morgan fingerprint density at radius 3 is 2.39 bits per heavy atom. The number of alkyl carbamates (subject to hydrolysis) is 1. The molecule has 0 spiro atoms. The van der Waals surface area contributed by atoms with E-state index in [-0.39, 0.29) is 28.2 Å². The zero-order chi connectivity index (χ0) is 17.6. The second-order valence-corrected chi connectivity index (χ2v) is 7.02. The monoisotopic (exact) mass is 476 g/mol. The maximum Gasteiger partial charge on any atom is 0.408 e. The Morgan fingerprint density at radius 2 is 1.83 bits per heavy atom. The van der Waals surface area contributed by atoms with E-state index in [2.05, 4.69) is 51.7 Å². The zero-order valence-electron chi connectivity index (χ0n) is 12.1. The number of hydrogen-bond acceptors (Lipinski definition) is 7. The molecule has 0 aromatic carbocycles. The van der Waals surface area contributed by atoms with Crippen molar-refractivity contribution >= 4 is 53.9 Å². The van der Waals surface area contributed by atoms with E-state index in [0.29, 0.717) is 0 Å². The molecule has 1 aromatic rings. The molecule has 0 fully saturated rings. The molecule has 1 amide bonds. The van der Waals surface area contributed by atoms with Crippen molar-refractivity contribution in [3.8, 4) is 0 Å². The first-order valence-corrected chi connectivity index (χ1v) is 9.47. The van der Waals surface area contributed by atoms with Gasteiger partial charge >= 0.3 is 12.1 Å². The van der Waals surface area contributed by atoms with Gasteiger partial charge in [0, 0.05) is 0 Å².